The quantitative estimate of drug-likeness (QED) is 0.797. The van der Waals surface area contributed by atoms with E-state index in [-0.39, 0.29) is 23.9 Å². The SMILES string of the molecule is CC(C)C[C@@H](C(=O)NCC#N)c1cccc(-c2ccc(C#N)c(F)c2)c1. The molecule has 0 aliphatic carbocycles. The van der Waals surface area contributed by atoms with Crippen molar-refractivity contribution in [3.63, 3.8) is 0 Å². The maximum Gasteiger partial charge on any atom is 0.228 e. The molecule has 0 radical (unpaired) electrons. The second-order valence-corrected chi connectivity index (χ2v) is 6.49. The fourth-order valence-corrected chi connectivity index (χ4v) is 2.84. The van der Waals surface area contributed by atoms with Crippen LogP contribution in [-0.4, -0.2) is 12.5 Å². The lowest BCUT2D eigenvalue weighted by atomic mass is 9.88. The number of hydrogen-bond donors (Lipinski definition) is 1. The zero-order valence-corrected chi connectivity index (χ0v) is 14.8. The highest BCUT2D eigenvalue weighted by Gasteiger charge is 2.22. The first-order chi connectivity index (χ1) is 12.5. The van der Waals surface area contributed by atoms with Crippen LogP contribution in [0.2, 0.25) is 0 Å². The lowest BCUT2D eigenvalue weighted by Crippen LogP contribution is -2.30. The average molecular weight is 349 g/mol. The van der Waals surface area contributed by atoms with Crippen LogP contribution in [-0.2, 0) is 4.79 Å². The maximum atomic E-state index is 13.9. The molecule has 5 heteroatoms. The van der Waals surface area contributed by atoms with Crippen molar-refractivity contribution in [3.05, 3.63) is 59.4 Å². The predicted octanol–water partition coefficient (Wildman–Crippen LogP) is 4.13. The molecular weight excluding hydrogens is 329 g/mol. The third-order valence-corrected chi connectivity index (χ3v) is 4.08. The van der Waals surface area contributed by atoms with Crippen LogP contribution in [0.1, 0.15) is 37.3 Å². The van der Waals surface area contributed by atoms with Gasteiger partial charge in [-0.3, -0.25) is 4.79 Å². The molecular formula is C21H20FN3O. The summed E-state index contributed by atoms with van der Waals surface area (Å²) in [6.07, 6.45) is 0.641. The van der Waals surface area contributed by atoms with Crippen LogP contribution in [0.15, 0.2) is 42.5 Å². The molecule has 1 amide bonds. The van der Waals surface area contributed by atoms with E-state index < -0.39 is 5.82 Å². The number of nitrogens with zero attached hydrogens (tertiary/aromatic N) is 2. The molecule has 0 aromatic heterocycles. The molecule has 0 saturated carbocycles. The Balaban J connectivity index is 2.38. The fraction of sp³-hybridized carbons (Fsp3) is 0.286. The van der Waals surface area contributed by atoms with Crippen LogP contribution in [0.3, 0.4) is 0 Å². The van der Waals surface area contributed by atoms with Gasteiger partial charge in [-0.05, 0) is 41.2 Å². The van der Waals surface area contributed by atoms with E-state index in [9.17, 15) is 9.18 Å². The number of nitriles is 2. The average Bonchev–Trinajstić information content (AvgIpc) is 2.64. The van der Waals surface area contributed by atoms with Gasteiger partial charge in [0, 0.05) is 0 Å². The predicted molar refractivity (Wildman–Crippen MR) is 97.4 cm³/mol. The number of rotatable bonds is 6. The van der Waals surface area contributed by atoms with Gasteiger partial charge in [-0.25, -0.2) is 4.39 Å². The number of carbonyl (C=O) groups excluding carboxylic acids is 1. The summed E-state index contributed by atoms with van der Waals surface area (Å²) in [6.45, 7) is 4.03. The summed E-state index contributed by atoms with van der Waals surface area (Å²) in [5.41, 5.74) is 2.23. The Morgan fingerprint density at radius 1 is 1.15 bits per heavy atom. The molecule has 0 aliphatic rings. The van der Waals surface area contributed by atoms with Crippen molar-refractivity contribution in [1.29, 1.82) is 10.5 Å². The highest BCUT2D eigenvalue weighted by Crippen LogP contribution is 2.29. The third-order valence-electron chi connectivity index (χ3n) is 4.08. The maximum absolute atomic E-state index is 13.9. The molecule has 0 fully saturated rings. The summed E-state index contributed by atoms with van der Waals surface area (Å²) in [5, 5.41) is 20.2. The molecule has 0 bridgehead atoms. The Bertz CT molecular complexity index is 878. The van der Waals surface area contributed by atoms with Crippen molar-refractivity contribution < 1.29 is 9.18 Å². The molecule has 4 nitrogen and oxygen atoms in total. The summed E-state index contributed by atoms with van der Waals surface area (Å²) in [6, 6.07) is 15.6. The highest BCUT2D eigenvalue weighted by atomic mass is 19.1. The molecule has 2 aromatic carbocycles. The van der Waals surface area contributed by atoms with Gasteiger partial charge in [0.05, 0.1) is 17.6 Å². The van der Waals surface area contributed by atoms with Crippen LogP contribution in [0.5, 0.6) is 0 Å². The van der Waals surface area contributed by atoms with Crippen molar-refractivity contribution in [3.8, 4) is 23.3 Å². The van der Waals surface area contributed by atoms with Gasteiger partial charge < -0.3 is 5.32 Å². The van der Waals surface area contributed by atoms with Crippen LogP contribution in [0, 0.1) is 34.4 Å². The van der Waals surface area contributed by atoms with E-state index in [0.717, 1.165) is 11.1 Å². The number of nitrogens with one attached hydrogen (secondary N) is 1. The molecule has 132 valence electrons. The Morgan fingerprint density at radius 3 is 2.50 bits per heavy atom. The molecule has 0 aliphatic heterocycles. The summed E-state index contributed by atoms with van der Waals surface area (Å²) in [5.74, 6) is -0.848. The molecule has 0 heterocycles. The van der Waals surface area contributed by atoms with Crippen LogP contribution < -0.4 is 5.32 Å². The molecule has 1 atom stereocenters. The van der Waals surface area contributed by atoms with Gasteiger partial charge >= 0.3 is 0 Å². The minimum Gasteiger partial charge on any atom is -0.342 e. The zero-order valence-electron chi connectivity index (χ0n) is 14.8. The lowest BCUT2D eigenvalue weighted by Gasteiger charge is -2.19. The normalized spacial score (nSPS) is 11.5. The van der Waals surface area contributed by atoms with Crippen molar-refractivity contribution in [2.24, 2.45) is 5.92 Å². The molecule has 2 aromatic rings. The van der Waals surface area contributed by atoms with Gasteiger partial charge in [-0.1, -0.05) is 44.2 Å². The Morgan fingerprint density at radius 2 is 1.88 bits per heavy atom. The lowest BCUT2D eigenvalue weighted by molar-refractivity contribution is -0.122. The molecule has 26 heavy (non-hydrogen) atoms. The zero-order chi connectivity index (χ0) is 19.1. The number of hydrogen-bond acceptors (Lipinski definition) is 3. The van der Waals surface area contributed by atoms with E-state index >= 15 is 0 Å². The second-order valence-electron chi connectivity index (χ2n) is 6.49. The number of halogens is 1. The Kier molecular flexibility index (Phi) is 6.47. The Labute approximate surface area is 152 Å². The van der Waals surface area contributed by atoms with E-state index in [1.807, 2.05) is 44.2 Å². The standard InChI is InChI=1S/C21H20FN3O/c1-14(2)10-19(21(26)25-9-8-23)17-5-3-4-15(11-17)16-6-7-18(13-24)20(22)12-16/h3-7,11-12,14,19H,9-10H2,1-2H3,(H,25,26)/t19-/m1/s1. The van der Waals surface area contributed by atoms with Crippen LogP contribution >= 0.6 is 0 Å². The van der Waals surface area contributed by atoms with Gasteiger partial charge in [0.2, 0.25) is 5.91 Å². The molecule has 0 saturated heterocycles. The summed E-state index contributed by atoms with van der Waals surface area (Å²) in [7, 11) is 0. The first kappa shape index (κ1) is 19.1. The number of carbonyl (C=O) groups is 1. The van der Waals surface area contributed by atoms with Crippen LogP contribution in [0.4, 0.5) is 4.39 Å². The molecule has 0 spiro atoms. The largest absolute Gasteiger partial charge is 0.342 e. The minimum absolute atomic E-state index is 0.00142. The minimum atomic E-state index is -0.569. The van der Waals surface area contributed by atoms with E-state index in [0.29, 0.717) is 17.9 Å². The smallest absolute Gasteiger partial charge is 0.228 e. The highest BCUT2D eigenvalue weighted by molar-refractivity contribution is 5.84. The monoisotopic (exact) mass is 349 g/mol. The van der Waals surface area contributed by atoms with Crippen molar-refractivity contribution >= 4 is 5.91 Å². The van der Waals surface area contributed by atoms with E-state index in [1.54, 1.807) is 12.1 Å². The van der Waals surface area contributed by atoms with Gasteiger partial charge in [-0.2, -0.15) is 10.5 Å². The Hall–Kier alpha value is -3.18. The molecule has 0 unspecified atom stereocenters. The molecule has 1 N–H and O–H groups in total. The molecule has 2 rings (SSSR count). The number of benzene rings is 2. The van der Waals surface area contributed by atoms with Gasteiger partial charge in [0.1, 0.15) is 18.4 Å². The van der Waals surface area contributed by atoms with E-state index in [4.69, 9.17) is 10.5 Å². The first-order valence-electron chi connectivity index (χ1n) is 8.41. The van der Waals surface area contributed by atoms with Gasteiger partial charge in [0.25, 0.3) is 0 Å². The van der Waals surface area contributed by atoms with E-state index in [2.05, 4.69) is 5.32 Å². The fourth-order valence-electron chi connectivity index (χ4n) is 2.84. The van der Waals surface area contributed by atoms with E-state index in [1.165, 1.54) is 12.1 Å². The van der Waals surface area contributed by atoms with Crippen molar-refractivity contribution in [2.45, 2.75) is 26.2 Å². The number of amides is 1. The summed E-state index contributed by atoms with van der Waals surface area (Å²) in [4.78, 5) is 12.5. The van der Waals surface area contributed by atoms with Crippen molar-refractivity contribution in [2.75, 3.05) is 6.54 Å². The van der Waals surface area contributed by atoms with Gasteiger partial charge in [0.15, 0.2) is 0 Å². The second kappa shape index (κ2) is 8.78. The van der Waals surface area contributed by atoms with Crippen LogP contribution in [0.25, 0.3) is 11.1 Å². The topological polar surface area (TPSA) is 76.7 Å². The summed E-state index contributed by atoms with van der Waals surface area (Å²) >= 11 is 0. The first-order valence-corrected chi connectivity index (χ1v) is 8.41. The van der Waals surface area contributed by atoms with Crippen molar-refractivity contribution in [1.82, 2.24) is 5.32 Å². The van der Waals surface area contributed by atoms with Gasteiger partial charge in [-0.15, -0.1) is 0 Å². The summed E-state index contributed by atoms with van der Waals surface area (Å²) < 4.78 is 13.9. The third kappa shape index (κ3) is 4.68.